The molecule has 5 nitrogen and oxygen atoms in total. The van der Waals surface area contributed by atoms with Gasteiger partial charge in [0.05, 0.1) is 6.61 Å². The van der Waals surface area contributed by atoms with Gasteiger partial charge in [0.2, 0.25) is 5.78 Å². The van der Waals surface area contributed by atoms with Crippen LogP contribution in [0.3, 0.4) is 0 Å². The van der Waals surface area contributed by atoms with E-state index >= 15 is 0 Å². The largest absolute Gasteiger partial charge is 0.461 e. The summed E-state index contributed by atoms with van der Waals surface area (Å²) in [6.07, 6.45) is 0.648. The van der Waals surface area contributed by atoms with E-state index in [4.69, 9.17) is 14.2 Å². The number of hydrogen-bond donors (Lipinski definition) is 0. The van der Waals surface area contributed by atoms with E-state index in [2.05, 4.69) is 0 Å². The number of ketones is 1. The van der Waals surface area contributed by atoms with E-state index in [1.165, 1.54) is 14.2 Å². The smallest absolute Gasteiger partial charge is 0.375 e. The zero-order chi connectivity index (χ0) is 14.3. The Morgan fingerprint density at radius 3 is 2.16 bits per heavy atom. The molecule has 0 heterocycles. The zero-order valence-electron chi connectivity index (χ0n) is 11.3. The number of ether oxygens (including phenoxy) is 3. The van der Waals surface area contributed by atoms with Gasteiger partial charge in [-0.3, -0.25) is 4.79 Å². The third-order valence-corrected chi connectivity index (χ3v) is 2.62. The highest BCUT2D eigenvalue weighted by molar-refractivity contribution is 6.14. The van der Waals surface area contributed by atoms with Crippen LogP contribution in [0.2, 0.25) is 0 Å². The third-order valence-electron chi connectivity index (χ3n) is 2.62. The minimum Gasteiger partial charge on any atom is -0.461 e. The summed E-state index contributed by atoms with van der Waals surface area (Å²) in [6, 6.07) is 8.33. The van der Waals surface area contributed by atoms with Gasteiger partial charge in [-0.1, -0.05) is 37.3 Å². The molecule has 0 spiro atoms. The highest BCUT2D eigenvalue weighted by Crippen LogP contribution is 2.20. The van der Waals surface area contributed by atoms with Crippen molar-refractivity contribution in [1.29, 1.82) is 0 Å². The molecule has 1 aromatic rings. The van der Waals surface area contributed by atoms with Crippen LogP contribution in [0, 0.1) is 0 Å². The molecule has 0 atom stereocenters. The van der Waals surface area contributed by atoms with E-state index in [-0.39, 0.29) is 6.61 Å². The van der Waals surface area contributed by atoms with Crippen molar-refractivity contribution in [2.75, 3.05) is 20.8 Å². The lowest BCUT2D eigenvalue weighted by molar-refractivity contribution is -0.209. The van der Waals surface area contributed by atoms with Gasteiger partial charge >= 0.3 is 11.8 Å². The van der Waals surface area contributed by atoms with Gasteiger partial charge in [-0.15, -0.1) is 0 Å². The number of rotatable bonds is 7. The average molecular weight is 266 g/mol. The second kappa shape index (κ2) is 7.01. The molecule has 0 aliphatic heterocycles. The molecule has 0 amide bonds. The maximum Gasteiger partial charge on any atom is 0.375 e. The molecule has 0 saturated heterocycles. The molecule has 1 rings (SSSR count). The maximum absolute atomic E-state index is 12.4. The van der Waals surface area contributed by atoms with E-state index in [1.807, 2.05) is 6.92 Å². The minimum absolute atomic E-state index is 0.204. The van der Waals surface area contributed by atoms with Gasteiger partial charge in [0.25, 0.3) is 0 Å². The van der Waals surface area contributed by atoms with Crippen LogP contribution in [-0.2, 0) is 19.0 Å². The zero-order valence-corrected chi connectivity index (χ0v) is 11.3. The van der Waals surface area contributed by atoms with Crippen LogP contribution in [0.5, 0.6) is 0 Å². The predicted molar refractivity (Wildman–Crippen MR) is 68.8 cm³/mol. The van der Waals surface area contributed by atoms with Gasteiger partial charge in [-0.25, -0.2) is 4.79 Å². The van der Waals surface area contributed by atoms with E-state index in [1.54, 1.807) is 30.3 Å². The number of methoxy groups -OCH3 is 2. The van der Waals surface area contributed by atoms with Crippen LogP contribution in [0.4, 0.5) is 0 Å². The minimum atomic E-state index is -2.05. The normalized spacial score (nSPS) is 11.1. The lowest BCUT2D eigenvalue weighted by Gasteiger charge is -2.26. The van der Waals surface area contributed by atoms with Crippen molar-refractivity contribution < 1.29 is 23.8 Å². The summed E-state index contributed by atoms with van der Waals surface area (Å²) in [5, 5.41) is 0. The molecule has 0 radical (unpaired) electrons. The molecule has 5 heteroatoms. The predicted octanol–water partition coefficient (Wildman–Crippen LogP) is 1.81. The molecule has 19 heavy (non-hydrogen) atoms. The van der Waals surface area contributed by atoms with Crippen LogP contribution in [0.25, 0.3) is 0 Å². The van der Waals surface area contributed by atoms with E-state index in [9.17, 15) is 9.59 Å². The second-order valence-corrected chi connectivity index (χ2v) is 3.86. The molecule has 0 aromatic heterocycles. The number of hydrogen-bond acceptors (Lipinski definition) is 5. The summed E-state index contributed by atoms with van der Waals surface area (Å²) in [5.74, 6) is -3.47. The molecule has 104 valence electrons. The van der Waals surface area contributed by atoms with Crippen LogP contribution >= 0.6 is 0 Å². The summed E-state index contributed by atoms with van der Waals surface area (Å²) in [4.78, 5) is 24.4. The van der Waals surface area contributed by atoms with Gasteiger partial charge in [-0.2, -0.15) is 0 Å². The summed E-state index contributed by atoms with van der Waals surface area (Å²) in [6.45, 7) is 2.06. The lowest BCUT2D eigenvalue weighted by atomic mass is 10.0. The van der Waals surface area contributed by atoms with Crippen LogP contribution < -0.4 is 0 Å². The molecule has 0 fully saturated rings. The Morgan fingerprint density at radius 2 is 1.68 bits per heavy atom. The SMILES string of the molecule is CCCOC(=O)C(OC)(OC)C(=O)c1ccccc1. The Hall–Kier alpha value is -1.72. The molecule has 0 unspecified atom stereocenters. The summed E-state index contributed by atoms with van der Waals surface area (Å²) < 4.78 is 15.0. The summed E-state index contributed by atoms with van der Waals surface area (Å²) >= 11 is 0. The van der Waals surface area contributed by atoms with Crippen molar-refractivity contribution in [3.8, 4) is 0 Å². The Bertz CT molecular complexity index is 423. The quantitative estimate of drug-likeness (QED) is 0.326. The standard InChI is InChI=1S/C14H18O5/c1-4-10-19-13(16)14(17-2,18-3)12(15)11-8-6-5-7-9-11/h5-9H,4,10H2,1-3H3. The van der Waals surface area contributed by atoms with Gasteiger partial charge < -0.3 is 14.2 Å². The van der Waals surface area contributed by atoms with Gasteiger partial charge in [0, 0.05) is 19.8 Å². The molecule has 0 saturated carbocycles. The second-order valence-electron chi connectivity index (χ2n) is 3.86. The Balaban J connectivity index is 3.05. The monoisotopic (exact) mass is 266 g/mol. The van der Waals surface area contributed by atoms with E-state index < -0.39 is 17.5 Å². The lowest BCUT2D eigenvalue weighted by Crippen LogP contribution is -2.51. The fourth-order valence-electron chi connectivity index (χ4n) is 1.60. The van der Waals surface area contributed by atoms with Crippen molar-refractivity contribution in [1.82, 2.24) is 0 Å². The maximum atomic E-state index is 12.4. The first kappa shape index (κ1) is 15.3. The van der Waals surface area contributed by atoms with Crippen molar-refractivity contribution in [2.45, 2.75) is 19.1 Å². The van der Waals surface area contributed by atoms with Crippen molar-refractivity contribution in [2.24, 2.45) is 0 Å². The fraction of sp³-hybridized carbons (Fsp3) is 0.429. The fourth-order valence-corrected chi connectivity index (χ4v) is 1.60. The number of carbonyl (C=O) groups excluding carboxylic acids is 2. The number of carbonyl (C=O) groups is 2. The van der Waals surface area contributed by atoms with Crippen molar-refractivity contribution in [3.05, 3.63) is 35.9 Å². The molecular weight excluding hydrogens is 248 g/mol. The first-order valence-electron chi connectivity index (χ1n) is 5.99. The van der Waals surface area contributed by atoms with Gasteiger partial charge in [0.15, 0.2) is 0 Å². The molecule has 0 N–H and O–H groups in total. The van der Waals surface area contributed by atoms with E-state index in [0.717, 1.165) is 0 Å². The van der Waals surface area contributed by atoms with Crippen LogP contribution in [0.1, 0.15) is 23.7 Å². The Kier molecular flexibility index (Phi) is 5.66. The molecular formula is C14H18O5. The first-order chi connectivity index (χ1) is 9.12. The highest BCUT2D eigenvalue weighted by Gasteiger charge is 2.49. The van der Waals surface area contributed by atoms with Gasteiger partial charge in [-0.05, 0) is 6.42 Å². The Morgan fingerprint density at radius 1 is 1.11 bits per heavy atom. The Labute approximate surface area is 112 Å². The summed E-state index contributed by atoms with van der Waals surface area (Å²) in [5.41, 5.74) is 0.319. The number of esters is 1. The number of Topliss-reactive ketones (excluding diaryl/α,β-unsaturated/α-hetero) is 1. The number of benzene rings is 1. The molecule has 1 aromatic carbocycles. The first-order valence-corrected chi connectivity index (χ1v) is 5.99. The highest BCUT2D eigenvalue weighted by atomic mass is 16.7. The third kappa shape index (κ3) is 3.19. The van der Waals surface area contributed by atoms with Crippen molar-refractivity contribution in [3.63, 3.8) is 0 Å². The van der Waals surface area contributed by atoms with E-state index in [0.29, 0.717) is 12.0 Å². The molecule has 0 bridgehead atoms. The van der Waals surface area contributed by atoms with Crippen molar-refractivity contribution >= 4 is 11.8 Å². The van der Waals surface area contributed by atoms with Crippen LogP contribution in [-0.4, -0.2) is 38.4 Å². The van der Waals surface area contributed by atoms with Crippen LogP contribution in [0.15, 0.2) is 30.3 Å². The average Bonchev–Trinajstić information content (AvgIpc) is 2.47. The molecule has 0 aliphatic rings. The van der Waals surface area contributed by atoms with Gasteiger partial charge in [0.1, 0.15) is 0 Å². The molecule has 0 aliphatic carbocycles. The summed E-state index contributed by atoms with van der Waals surface area (Å²) in [7, 11) is 2.47. The topological polar surface area (TPSA) is 61.8 Å².